The lowest BCUT2D eigenvalue weighted by atomic mass is 10.0. The van der Waals surface area contributed by atoms with Crippen LogP contribution in [0.2, 0.25) is 0 Å². The van der Waals surface area contributed by atoms with E-state index in [-0.39, 0.29) is 0 Å². The number of rotatable bonds is 5. The Kier molecular flexibility index (Phi) is 4.56. The molecule has 2 heteroatoms. The van der Waals surface area contributed by atoms with Gasteiger partial charge < -0.3 is 5.32 Å². The van der Waals surface area contributed by atoms with Crippen LogP contribution in [0.25, 0.3) is 0 Å². The second-order valence-electron chi connectivity index (χ2n) is 4.78. The molecule has 0 bridgehead atoms. The van der Waals surface area contributed by atoms with Crippen LogP contribution in [-0.2, 0) is 0 Å². The predicted molar refractivity (Wildman–Crippen MR) is 80.1 cm³/mol. The summed E-state index contributed by atoms with van der Waals surface area (Å²) < 4.78 is 0. The molecule has 0 saturated heterocycles. The summed E-state index contributed by atoms with van der Waals surface area (Å²) in [4.78, 5) is 1.40. The minimum atomic E-state index is 0.413. The van der Waals surface area contributed by atoms with Crippen molar-refractivity contribution in [2.75, 3.05) is 0 Å². The molecule has 1 aromatic heterocycles. The third-order valence-corrected chi connectivity index (χ3v) is 4.36. The van der Waals surface area contributed by atoms with Crippen LogP contribution in [0, 0.1) is 6.92 Å². The van der Waals surface area contributed by atoms with Crippen LogP contribution in [-0.4, -0.2) is 0 Å². The molecule has 2 aromatic rings. The molecule has 0 aliphatic carbocycles. The number of hydrogen-bond donors (Lipinski definition) is 1. The van der Waals surface area contributed by atoms with Gasteiger partial charge in [-0.15, -0.1) is 11.3 Å². The van der Waals surface area contributed by atoms with Gasteiger partial charge in [-0.3, -0.25) is 0 Å². The highest BCUT2D eigenvalue weighted by Crippen LogP contribution is 2.24. The van der Waals surface area contributed by atoms with Gasteiger partial charge in [0.15, 0.2) is 0 Å². The minimum Gasteiger partial charge on any atom is -0.303 e. The van der Waals surface area contributed by atoms with E-state index in [1.165, 1.54) is 16.0 Å². The molecule has 0 saturated carbocycles. The summed E-state index contributed by atoms with van der Waals surface area (Å²) in [5.41, 5.74) is 2.70. The topological polar surface area (TPSA) is 12.0 Å². The largest absolute Gasteiger partial charge is 0.303 e. The summed E-state index contributed by atoms with van der Waals surface area (Å²) >= 11 is 1.82. The van der Waals surface area contributed by atoms with Gasteiger partial charge in [0.1, 0.15) is 0 Å². The highest BCUT2D eigenvalue weighted by molar-refractivity contribution is 7.10. The van der Waals surface area contributed by atoms with E-state index < -0.39 is 0 Å². The van der Waals surface area contributed by atoms with Gasteiger partial charge in [-0.2, -0.15) is 0 Å². The third-order valence-electron chi connectivity index (χ3n) is 3.31. The van der Waals surface area contributed by atoms with Crippen molar-refractivity contribution >= 4 is 11.3 Å². The number of thiophene rings is 1. The first kappa shape index (κ1) is 13.3. The quantitative estimate of drug-likeness (QED) is 0.808. The molecule has 96 valence electrons. The number of aryl methyl sites for hydroxylation is 1. The van der Waals surface area contributed by atoms with E-state index in [4.69, 9.17) is 0 Å². The number of nitrogens with one attached hydrogen (secondary N) is 1. The average Bonchev–Trinajstić information content (AvgIpc) is 2.91. The standard InChI is InChI=1S/C16H21NS/c1-4-15(14-9-7-12(2)8-10-14)17-13(3)16-6-5-11-18-16/h5-11,13,15,17H,4H2,1-3H3/t13-,15?/m0/s1. The predicted octanol–water partition coefficient (Wildman–Crippen LogP) is 4.86. The zero-order valence-corrected chi connectivity index (χ0v) is 12.1. The van der Waals surface area contributed by atoms with Crippen molar-refractivity contribution in [1.29, 1.82) is 0 Å². The van der Waals surface area contributed by atoms with E-state index in [1.807, 2.05) is 11.3 Å². The molecule has 0 spiro atoms. The SMILES string of the molecule is CCC(N[C@@H](C)c1cccs1)c1ccc(C)cc1. The van der Waals surface area contributed by atoms with E-state index in [2.05, 4.69) is 67.9 Å². The Bertz CT molecular complexity index is 458. The van der Waals surface area contributed by atoms with Crippen molar-refractivity contribution in [1.82, 2.24) is 5.32 Å². The molecule has 1 aromatic carbocycles. The van der Waals surface area contributed by atoms with Crippen molar-refractivity contribution < 1.29 is 0 Å². The average molecular weight is 259 g/mol. The molecule has 1 heterocycles. The number of hydrogen-bond acceptors (Lipinski definition) is 2. The molecule has 0 fully saturated rings. The number of benzene rings is 1. The van der Waals surface area contributed by atoms with Gasteiger partial charge >= 0.3 is 0 Å². The van der Waals surface area contributed by atoms with Crippen molar-refractivity contribution in [2.45, 2.75) is 39.3 Å². The van der Waals surface area contributed by atoms with Gasteiger partial charge in [-0.1, -0.05) is 42.8 Å². The van der Waals surface area contributed by atoms with Crippen LogP contribution in [0.15, 0.2) is 41.8 Å². The monoisotopic (exact) mass is 259 g/mol. The van der Waals surface area contributed by atoms with E-state index in [0.29, 0.717) is 12.1 Å². The molecule has 1 nitrogen and oxygen atoms in total. The molecule has 0 aliphatic rings. The van der Waals surface area contributed by atoms with Gasteiger partial charge in [0, 0.05) is 17.0 Å². The lowest BCUT2D eigenvalue weighted by Gasteiger charge is -2.22. The van der Waals surface area contributed by atoms with Crippen molar-refractivity contribution in [3.63, 3.8) is 0 Å². The van der Waals surface area contributed by atoms with Crippen LogP contribution < -0.4 is 5.32 Å². The van der Waals surface area contributed by atoms with Gasteiger partial charge in [0.2, 0.25) is 0 Å². The third kappa shape index (κ3) is 3.21. The summed E-state index contributed by atoms with van der Waals surface area (Å²) in [6, 6.07) is 14.0. The molecule has 18 heavy (non-hydrogen) atoms. The minimum absolute atomic E-state index is 0.413. The highest BCUT2D eigenvalue weighted by Gasteiger charge is 2.13. The Morgan fingerprint density at radius 1 is 1.17 bits per heavy atom. The summed E-state index contributed by atoms with van der Waals surface area (Å²) in [6.07, 6.45) is 1.11. The zero-order valence-electron chi connectivity index (χ0n) is 11.3. The molecular weight excluding hydrogens is 238 g/mol. The highest BCUT2D eigenvalue weighted by atomic mass is 32.1. The molecule has 0 amide bonds. The maximum absolute atomic E-state index is 3.72. The Morgan fingerprint density at radius 3 is 2.44 bits per heavy atom. The fraction of sp³-hybridized carbons (Fsp3) is 0.375. The zero-order chi connectivity index (χ0) is 13.0. The van der Waals surface area contributed by atoms with Crippen LogP contribution >= 0.6 is 11.3 Å². The van der Waals surface area contributed by atoms with E-state index in [9.17, 15) is 0 Å². The Morgan fingerprint density at radius 2 is 1.89 bits per heavy atom. The Labute approximate surface area is 114 Å². The van der Waals surface area contributed by atoms with Gasteiger partial charge in [-0.05, 0) is 37.3 Å². The lowest BCUT2D eigenvalue weighted by Crippen LogP contribution is -2.23. The second-order valence-corrected chi connectivity index (χ2v) is 5.75. The molecule has 0 aliphatic heterocycles. The van der Waals surface area contributed by atoms with Gasteiger partial charge in [-0.25, -0.2) is 0 Å². The molecule has 2 atom stereocenters. The van der Waals surface area contributed by atoms with E-state index >= 15 is 0 Å². The van der Waals surface area contributed by atoms with Crippen LogP contribution in [0.1, 0.15) is 48.4 Å². The first-order valence-corrected chi connectivity index (χ1v) is 7.44. The van der Waals surface area contributed by atoms with Crippen LogP contribution in [0.5, 0.6) is 0 Å². The van der Waals surface area contributed by atoms with E-state index in [0.717, 1.165) is 6.42 Å². The fourth-order valence-corrected chi connectivity index (χ4v) is 2.91. The van der Waals surface area contributed by atoms with Crippen molar-refractivity contribution in [3.05, 3.63) is 57.8 Å². The first-order valence-electron chi connectivity index (χ1n) is 6.56. The maximum atomic E-state index is 3.72. The van der Waals surface area contributed by atoms with Crippen molar-refractivity contribution in [3.8, 4) is 0 Å². The summed E-state index contributed by atoms with van der Waals surface area (Å²) in [5.74, 6) is 0. The first-order chi connectivity index (χ1) is 8.70. The van der Waals surface area contributed by atoms with Crippen LogP contribution in [0.3, 0.4) is 0 Å². The van der Waals surface area contributed by atoms with Crippen LogP contribution in [0.4, 0.5) is 0 Å². The summed E-state index contributed by atoms with van der Waals surface area (Å²) in [6.45, 7) is 6.60. The maximum Gasteiger partial charge on any atom is 0.0391 e. The van der Waals surface area contributed by atoms with E-state index in [1.54, 1.807) is 0 Å². The Hall–Kier alpha value is -1.12. The normalized spacial score (nSPS) is 14.4. The smallest absolute Gasteiger partial charge is 0.0391 e. The summed E-state index contributed by atoms with van der Waals surface area (Å²) in [5, 5.41) is 5.85. The molecule has 0 radical (unpaired) electrons. The van der Waals surface area contributed by atoms with Crippen molar-refractivity contribution in [2.24, 2.45) is 0 Å². The Balaban J connectivity index is 2.07. The van der Waals surface area contributed by atoms with Gasteiger partial charge in [0.05, 0.1) is 0 Å². The second kappa shape index (κ2) is 6.17. The molecule has 2 rings (SSSR count). The summed E-state index contributed by atoms with van der Waals surface area (Å²) in [7, 11) is 0. The van der Waals surface area contributed by atoms with Gasteiger partial charge in [0.25, 0.3) is 0 Å². The lowest BCUT2D eigenvalue weighted by molar-refractivity contribution is 0.460. The molecular formula is C16H21NS. The fourth-order valence-electron chi connectivity index (χ4n) is 2.17. The molecule has 1 unspecified atom stereocenters. The molecule has 1 N–H and O–H groups in total.